The fourth-order valence-corrected chi connectivity index (χ4v) is 1.58. The molecule has 0 aromatic carbocycles. The molecule has 17 heavy (non-hydrogen) atoms. The van der Waals surface area contributed by atoms with Gasteiger partial charge in [-0.15, -0.1) is 0 Å². The van der Waals surface area contributed by atoms with Crippen molar-refractivity contribution in [3.8, 4) is 0 Å². The Morgan fingerprint density at radius 1 is 1.24 bits per heavy atom. The molecule has 0 aliphatic rings. The molecule has 0 radical (unpaired) electrons. The first-order valence-corrected chi connectivity index (χ1v) is 5.41. The van der Waals surface area contributed by atoms with Gasteiger partial charge in [0.25, 0.3) is 0 Å². The number of ether oxygens (including phenoxy) is 1. The van der Waals surface area contributed by atoms with Gasteiger partial charge in [0, 0.05) is 18.1 Å². The van der Waals surface area contributed by atoms with Crippen LogP contribution >= 0.6 is 0 Å². The normalized spacial score (nSPS) is 10.4. The van der Waals surface area contributed by atoms with Gasteiger partial charge in [0.2, 0.25) is 0 Å². The lowest BCUT2D eigenvalue weighted by Crippen LogP contribution is -2.10. The summed E-state index contributed by atoms with van der Waals surface area (Å²) in [6.07, 6.45) is 2.06. The Hall–Kier alpha value is -2.10. The highest BCUT2D eigenvalue weighted by Crippen LogP contribution is 2.10. The largest absolute Gasteiger partial charge is 0.461 e. The fourth-order valence-electron chi connectivity index (χ4n) is 1.58. The van der Waals surface area contributed by atoms with Crippen LogP contribution in [0.15, 0.2) is 36.5 Å². The summed E-state index contributed by atoms with van der Waals surface area (Å²) in [4.78, 5) is 22.5. The van der Waals surface area contributed by atoms with Gasteiger partial charge in [-0.05, 0) is 31.2 Å². The molecule has 4 heteroatoms. The molecular weight excluding hydrogens is 218 g/mol. The van der Waals surface area contributed by atoms with E-state index >= 15 is 0 Å². The third-order valence-corrected chi connectivity index (χ3v) is 2.46. The maximum absolute atomic E-state index is 11.7. The molecule has 0 unspecified atom stereocenters. The minimum Gasteiger partial charge on any atom is -0.461 e. The van der Waals surface area contributed by atoms with Crippen LogP contribution in [0.5, 0.6) is 0 Å². The van der Waals surface area contributed by atoms with E-state index < -0.39 is 5.97 Å². The molecule has 0 aliphatic carbocycles. The summed E-state index contributed by atoms with van der Waals surface area (Å²) >= 11 is 0. The first-order valence-electron chi connectivity index (χ1n) is 5.41. The van der Waals surface area contributed by atoms with Crippen molar-refractivity contribution in [3.05, 3.63) is 42.2 Å². The number of rotatable bonds is 4. The summed E-state index contributed by atoms with van der Waals surface area (Å²) in [5, 5.41) is 0. The summed E-state index contributed by atoms with van der Waals surface area (Å²) in [5.41, 5.74) is 1.41. The second kappa shape index (κ2) is 4.82. The van der Waals surface area contributed by atoms with Crippen molar-refractivity contribution in [2.75, 3.05) is 6.61 Å². The third kappa shape index (κ3) is 2.53. The van der Waals surface area contributed by atoms with Crippen LogP contribution in [0.2, 0.25) is 0 Å². The fraction of sp³-hybridized carbons (Fsp3) is 0.231. The summed E-state index contributed by atoms with van der Waals surface area (Å²) in [6, 6.07) is 9.22. The van der Waals surface area contributed by atoms with Gasteiger partial charge in [-0.3, -0.25) is 4.79 Å². The van der Waals surface area contributed by atoms with Crippen LogP contribution < -0.4 is 0 Å². The number of esters is 1. The number of carbonyl (C=O) groups excluding carboxylic acids is 2. The minimum atomic E-state index is -0.405. The van der Waals surface area contributed by atoms with E-state index in [4.69, 9.17) is 4.74 Å². The average Bonchev–Trinajstić information content (AvgIpc) is 2.72. The molecule has 0 aliphatic heterocycles. The summed E-state index contributed by atoms with van der Waals surface area (Å²) in [7, 11) is 0. The third-order valence-electron chi connectivity index (χ3n) is 2.46. The molecule has 2 aromatic heterocycles. The lowest BCUT2D eigenvalue weighted by molar-refractivity contribution is -0.117. The highest BCUT2D eigenvalue weighted by Gasteiger charge is 2.11. The molecule has 2 aromatic rings. The van der Waals surface area contributed by atoms with Crippen LogP contribution in [-0.4, -0.2) is 22.8 Å². The van der Waals surface area contributed by atoms with Crippen LogP contribution in [0.25, 0.3) is 5.52 Å². The molecule has 2 rings (SSSR count). The van der Waals surface area contributed by atoms with Crippen molar-refractivity contribution >= 4 is 17.3 Å². The Morgan fingerprint density at radius 3 is 2.82 bits per heavy atom. The maximum Gasteiger partial charge on any atom is 0.355 e. The number of ketones is 1. The summed E-state index contributed by atoms with van der Waals surface area (Å²) in [5.74, 6) is -0.393. The Balaban J connectivity index is 2.11. The van der Waals surface area contributed by atoms with Gasteiger partial charge < -0.3 is 9.14 Å². The number of pyridine rings is 1. The van der Waals surface area contributed by atoms with Crippen molar-refractivity contribution in [1.82, 2.24) is 4.40 Å². The quantitative estimate of drug-likeness (QED) is 0.757. The van der Waals surface area contributed by atoms with E-state index in [1.165, 1.54) is 6.92 Å². The predicted octanol–water partition coefficient (Wildman–Crippen LogP) is 2.08. The van der Waals surface area contributed by atoms with E-state index in [0.29, 0.717) is 5.69 Å². The number of aromatic nitrogens is 1. The maximum atomic E-state index is 11.7. The molecule has 88 valence electrons. The van der Waals surface area contributed by atoms with Gasteiger partial charge in [-0.2, -0.15) is 0 Å². The predicted molar refractivity (Wildman–Crippen MR) is 63.0 cm³/mol. The second-order valence-corrected chi connectivity index (χ2v) is 3.80. The zero-order valence-corrected chi connectivity index (χ0v) is 9.55. The van der Waals surface area contributed by atoms with Gasteiger partial charge in [-0.25, -0.2) is 4.79 Å². The summed E-state index contributed by atoms with van der Waals surface area (Å²) in [6.45, 7) is 1.61. The van der Waals surface area contributed by atoms with E-state index in [1.54, 1.807) is 16.7 Å². The van der Waals surface area contributed by atoms with E-state index in [9.17, 15) is 9.59 Å². The first-order chi connectivity index (χ1) is 8.18. The van der Waals surface area contributed by atoms with Crippen molar-refractivity contribution in [3.63, 3.8) is 0 Å². The van der Waals surface area contributed by atoms with E-state index in [0.717, 1.165) is 5.52 Å². The van der Waals surface area contributed by atoms with Gasteiger partial charge in [0.15, 0.2) is 0 Å². The highest BCUT2D eigenvalue weighted by molar-refractivity contribution is 5.89. The smallest absolute Gasteiger partial charge is 0.355 e. The molecule has 0 bridgehead atoms. The first kappa shape index (κ1) is 11.4. The lowest BCUT2D eigenvalue weighted by Gasteiger charge is -2.03. The minimum absolute atomic E-state index is 0.0119. The number of Topliss-reactive ketones (excluding diaryl/α,β-unsaturated/α-hetero) is 1. The summed E-state index contributed by atoms with van der Waals surface area (Å²) < 4.78 is 6.78. The molecule has 0 amide bonds. The molecule has 0 N–H and O–H groups in total. The molecular formula is C13H13NO3. The van der Waals surface area contributed by atoms with Crippen LogP contribution in [0.4, 0.5) is 0 Å². The van der Waals surface area contributed by atoms with Crippen molar-refractivity contribution in [1.29, 1.82) is 0 Å². The van der Waals surface area contributed by atoms with Crippen molar-refractivity contribution in [2.24, 2.45) is 0 Å². The Kier molecular flexibility index (Phi) is 3.23. The topological polar surface area (TPSA) is 47.8 Å². The van der Waals surface area contributed by atoms with Crippen LogP contribution in [0.3, 0.4) is 0 Å². The Bertz CT molecular complexity index is 557. The second-order valence-electron chi connectivity index (χ2n) is 3.80. The van der Waals surface area contributed by atoms with Crippen LogP contribution in [-0.2, 0) is 9.53 Å². The number of nitrogens with zero attached hydrogens (tertiary/aromatic N) is 1. The zero-order chi connectivity index (χ0) is 12.3. The molecule has 0 fully saturated rings. The molecule has 0 saturated heterocycles. The zero-order valence-electron chi connectivity index (χ0n) is 9.55. The number of hydrogen-bond acceptors (Lipinski definition) is 3. The van der Waals surface area contributed by atoms with Gasteiger partial charge in [0.1, 0.15) is 11.5 Å². The van der Waals surface area contributed by atoms with E-state index in [-0.39, 0.29) is 18.8 Å². The molecule has 4 nitrogen and oxygen atoms in total. The number of carbonyl (C=O) groups is 2. The lowest BCUT2D eigenvalue weighted by atomic mass is 10.3. The van der Waals surface area contributed by atoms with E-state index in [1.807, 2.05) is 24.3 Å². The monoisotopic (exact) mass is 231 g/mol. The Morgan fingerprint density at radius 2 is 2.06 bits per heavy atom. The van der Waals surface area contributed by atoms with Gasteiger partial charge in [0.05, 0.1) is 6.61 Å². The SMILES string of the molecule is CC(=O)CCOC(=O)c1ccc2ccccn12. The van der Waals surface area contributed by atoms with Crippen LogP contribution in [0.1, 0.15) is 23.8 Å². The van der Waals surface area contributed by atoms with Gasteiger partial charge in [-0.1, -0.05) is 6.07 Å². The number of fused-ring (bicyclic) bond motifs is 1. The Labute approximate surface area is 98.8 Å². The molecule has 0 atom stereocenters. The van der Waals surface area contributed by atoms with E-state index in [2.05, 4.69) is 0 Å². The highest BCUT2D eigenvalue weighted by atomic mass is 16.5. The van der Waals surface area contributed by atoms with Crippen molar-refractivity contribution < 1.29 is 14.3 Å². The molecule has 0 saturated carbocycles. The van der Waals surface area contributed by atoms with Crippen LogP contribution in [0, 0.1) is 0 Å². The van der Waals surface area contributed by atoms with Crippen molar-refractivity contribution in [2.45, 2.75) is 13.3 Å². The number of hydrogen-bond donors (Lipinski definition) is 0. The standard InChI is InChI=1S/C13H13NO3/c1-10(15)7-9-17-13(16)12-6-5-11-4-2-3-8-14(11)12/h2-6,8H,7,9H2,1H3. The molecule has 0 spiro atoms. The molecule has 2 heterocycles. The average molecular weight is 231 g/mol. The van der Waals surface area contributed by atoms with Gasteiger partial charge >= 0.3 is 5.97 Å².